The van der Waals surface area contributed by atoms with Crippen LogP contribution in [-0.2, 0) is 20.1 Å². The number of ether oxygens (including phenoxy) is 1. The Labute approximate surface area is 143 Å². The molecule has 7 heteroatoms. The second-order valence-electron chi connectivity index (χ2n) is 5.59. The van der Waals surface area contributed by atoms with E-state index >= 15 is 0 Å². The van der Waals surface area contributed by atoms with Crippen LogP contribution in [0.5, 0.6) is 5.75 Å². The topological polar surface area (TPSA) is 76.4 Å². The van der Waals surface area contributed by atoms with E-state index < -0.39 is 0 Å². The van der Waals surface area contributed by atoms with Gasteiger partial charge in [0.15, 0.2) is 11.8 Å². The summed E-state index contributed by atoms with van der Waals surface area (Å²) in [6.07, 6.45) is 0. The molecule has 130 valence electrons. The Kier molecular flexibility index (Phi) is 6.17. The molecule has 0 aliphatic heterocycles. The van der Waals surface area contributed by atoms with Gasteiger partial charge in [0, 0.05) is 19.2 Å². The van der Waals surface area contributed by atoms with Crippen LogP contribution in [0.2, 0.25) is 0 Å². The van der Waals surface area contributed by atoms with Gasteiger partial charge in [0.05, 0.1) is 20.2 Å². The van der Waals surface area contributed by atoms with Gasteiger partial charge < -0.3 is 19.9 Å². The van der Waals surface area contributed by atoms with E-state index in [4.69, 9.17) is 4.74 Å². The number of nitrogens with zero attached hydrogens (tertiary/aromatic N) is 4. The number of nitrogens with one attached hydrogen (secondary N) is 2. The second-order valence-corrected chi connectivity index (χ2v) is 5.59. The molecule has 2 rings (SSSR count). The first-order valence-corrected chi connectivity index (χ1v) is 8.05. The molecule has 0 aliphatic rings. The summed E-state index contributed by atoms with van der Waals surface area (Å²) in [5.41, 5.74) is 2.22. The zero-order valence-electron chi connectivity index (χ0n) is 15.1. The van der Waals surface area contributed by atoms with Gasteiger partial charge in [-0.2, -0.15) is 0 Å². The quantitative estimate of drug-likeness (QED) is 0.623. The Hall–Kier alpha value is -2.57. The van der Waals surface area contributed by atoms with E-state index in [9.17, 15) is 0 Å². The van der Waals surface area contributed by atoms with Gasteiger partial charge in [0.2, 0.25) is 0 Å². The van der Waals surface area contributed by atoms with Gasteiger partial charge in [-0.25, -0.2) is 4.99 Å². The Bertz CT molecular complexity index is 707. The van der Waals surface area contributed by atoms with Crippen molar-refractivity contribution in [2.75, 3.05) is 13.7 Å². The number of benzene rings is 1. The average molecular weight is 330 g/mol. The minimum Gasteiger partial charge on any atom is -0.496 e. The number of guanidine groups is 1. The molecule has 0 fully saturated rings. The summed E-state index contributed by atoms with van der Waals surface area (Å²) < 4.78 is 7.39. The minimum atomic E-state index is 0.538. The smallest absolute Gasteiger partial charge is 0.191 e. The molecule has 2 aromatic rings. The lowest BCUT2D eigenvalue weighted by Gasteiger charge is -2.12. The summed E-state index contributed by atoms with van der Waals surface area (Å²) in [5, 5.41) is 14.7. The van der Waals surface area contributed by atoms with E-state index in [-0.39, 0.29) is 0 Å². The molecule has 24 heavy (non-hydrogen) atoms. The van der Waals surface area contributed by atoms with E-state index in [2.05, 4.69) is 31.9 Å². The van der Waals surface area contributed by atoms with Gasteiger partial charge >= 0.3 is 0 Å². The molecule has 0 unspecified atom stereocenters. The highest BCUT2D eigenvalue weighted by molar-refractivity contribution is 5.79. The normalized spacial score (nSPS) is 11.5. The third-order valence-corrected chi connectivity index (χ3v) is 3.79. The predicted molar refractivity (Wildman–Crippen MR) is 95.1 cm³/mol. The molecular formula is C17H26N6O. The van der Waals surface area contributed by atoms with Crippen LogP contribution in [0.25, 0.3) is 0 Å². The molecule has 0 aliphatic carbocycles. The van der Waals surface area contributed by atoms with Crippen molar-refractivity contribution in [1.29, 1.82) is 0 Å². The number of aliphatic imine (C=N–C) groups is 1. The molecule has 0 spiro atoms. The minimum absolute atomic E-state index is 0.538. The fourth-order valence-electron chi connectivity index (χ4n) is 2.26. The van der Waals surface area contributed by atoms with Crippen LogP contribution in [-0.4, -0.2) is 34.4 Å². The zero-order valence-corrected chi connectivity index (χ0v) is 15.1. The van der Waals surface area contributed by atoms with Crippen LogP contribution in [0, 0.1) is 13.8 Å². The highest BCUT2D eigenvalue weighted by Crippen LogP contribution is 2.20. The molecule has 7 nitrogen and oxygen atoms in total. The van der Waals surface area contributed by atoms with Crippen LogP contribution in [0.4, 0.5) is 0 Å². The van der Waals surface area contributed by atoms with Crippen molar-refractivity contribution >= 4 is 5.96 Å². The van der Waals surface area contributed by atoms with E-state index in [0.29, 0.717) is 13.1 Å². The van der Waals surface area contributed by atoms with Crippen molar-refractivity contribution in [1.82, 2.24) is 25.4 Å². The van der Waals surface area contributed by atoms with Crippen LogP contribution < -0.4 is 15.4 Å². The third-order valence-electron chi connectivity index (χ3n) is 3.79. The molecule has 1 heterocycles. The van der Waals surface area contributed by atoms with Gasteiger partial charge in [-0.3, -0.25) is 0 Å². The van der Waals surface area contributed by atoms with Gasteiger partial charge in [-0.15, -0.1) is 10.2 Å². The number of aryl methyl sites for hydroxylation is 2. The summed E-state index contributed by atoms with van der Waals surface area (Å²) >= 11 is 0. The van der Waals surface area contributed by atoms with E-state index in [1.54, 1.807) is 7.11 Å². The number of aromatic nitrogens is 3. The lowest BCUT2D eigenvalue weighted by Crippen LogP contribution is -2.37. The summed E-state index contributed by atoms with van der Waals surface area (Å²) in [6, 6.07) is 6.14. The third kappa shape index (κ3) is 4.47. The Morgan fingerprint density at radius 2 is 2.04 bits per heavy atom. The van der Waals surface area contributed by atoms with E-state index in [1.807, 2.05) is 44.5 Å². The van der Waals surface area contributed by atoms with Crippen molar-refractivity contribution in [3.63, 3.8) is 0 Å². The molecular weight excluding hydrogens is 304 g/mol. The van der Waals surface area contributed by atoms with Gasteiger partial charge in [0.25, 0.3) is 0 Å². The van der Waals surface area contributed by atoms with Crippen LogP contribution in [0.3, 0.4) is 0 Å². The molecule has 0 bridgehead atoms. The highest BCUT2D eigenvalue weighted by Gasteiger charge is 2.07. The fraction of sp³-hybridized carbons (Fsp3) is 0.471. The number of hydrogen-bond donors (Lipinski definition) is 2. The lowest BCUT2D eigenvalue weighted by molar-refractivity contribution is 0.409. The summed E-state index contributed by atoms with van der Waals surface area (Å²) in [4.78, 5) is 4.63. The molecule has 1 aromatic heterocycles. The van der Waals surface area contributed by atoms with Gasteiger partial charge in [0.1, 0.15) is 11.6 Å². The first kappa shape index (κ1) is 17.8. The molecule has 0 saturated carbocycles. The summed E-state index contributed by atoms with van der Waals surface area (Å²) in [6.45, 7) is 7.90. The van der Waals surface area contributed by atoms with Crippen molar-refractivity contribution < 1.29 is 4.74 Å². The Morgan fingerprint density at radius 3 is 2.67 bits per heavy atom. The number of methoxy groups -OCH3 is 1. The first-order chi connectivity index (χ1) is 11.5. The Balaban J connectivity index is 2.06. The SMILES string of the molecule is CCNC(=NCc1ccc(C)cc1OC)NCc1nnc(C)n1C. The van der Waals surface area contributed by atoms with E-state index in [0.717, 1.165) is 35.5 Å². The van der Waals surface area contributed by atoms with E-state index in [1.165, 1.54) is 5.56 Å². The molecule has 0 atom stereocenters. The van der Waals surface area contributed by atoms with Crippen LogP contribution >= 0.6 is 0 Å². The number of rotatable bonds is 6. The molecule has 0 saturated heterocycles. The molecule has 0 radical (unpaired) electrons. The average Bonchev–Trinajstić information content (AvgIpc) is 2.90. The molecule has 0 amide bonds. The van der Waals surface area contributed by atoms with Crippen LogP contribution in [0.1, 0.15) is 29.7 Å². The number of hydrogen-bond acceptors (Lipinski definition) is 4. The largest absolute Gasteiger partial charge is 0.496 e. The zero-order chi connectivity index (χ0) is 17.5. The van der Waals surface area contributed by atoms with Crippen molar-refractivity contribution in [3.8, 4) is 5.75 Å². The lowest BCUT2D eigenvalue weighted by atomic mass is 10.1. The van der Waals surface area contributed by atoms with Crippen LogP contribution in [0.15, 0.2) is 23.2 Å². The predicted octanol–water partition coefficient (Wildman–Crippen LogP) is 1.70. The highest BCUT2D eigenvalue weighted by atomic mass is 16.5. The maximum atomic E-state index is 5.43. The monoisotopic (exact) mass is 330 g/mol. The summed E-state index contributed by atoms with van der Waals surface area (Å²) in [5.74, 6) is 3.35. The standard InChI is InChI=1S/C17H26N6O/c1-6-18-17(20-11-16-22-21-13(3)23(16)4)19-10-14-8-7-12(2)9-15(14)24-5/h7-9H,6,10-11H2,1-5H3,(H2,18,19,20). The fourth-order valence-corrected chi connectivity index (χ4v) is 2.26. The van der Waals surface area contributed by atoms with Crippen molar-refractivity contribution in [2.24, 2.45) is 12.0 Å². The first-order valence-electron chi connectivity index (χ1n) is 8.05. The Morgan fingerprint density at radius 1 is 1.25 bits per heavy atom. The van der Waals surface area contributed by atoms with Gasteiger partial charge in [-0.05, 0) is 32.4 Å². The molecule has 1 aromatic carbocycles. The van der Waals surface area contributed by atoms with Crippen molar-refractivity contribution in [3.05, 3.63) is 41.0 Å². The second kappa shape index (κ2) is 8.33. The van der Waals surface area contributed by atoms with Crippen molar-refractivity contribution in [2.45, 2.75) is 33.9 Å². The maximum absolute atomic E-state index is 5.43. The van der Waals surface area contributed by atoms with Gasteiger partial charge in [-0.1, -0.05) is 12.1 Å². The summed E-state index contributed by atoms with van der Waals surface area (Å²) in [7, 11) is 3.63. The molecule has 2 N–H and O–H groups in total. The maximum Gasteiger partial charge on any atom is 0.191 e.